The highest BCUT2D eigenvalue weighted by Crippen LogP contribution is 2.33. The Morgan fingerprint density at radius 2 is 1.70 bits per heavy atom. The molecule has 0 radical (unpaired) electrons. The molecule has 9 heteroatoms. The maximum absolute atomic E-state index is 14.5. The van der Waals surface area contributed by atoms with E-state index < -0.39 is 23.6 Å². The number of rotatable bonds is 9. The lowest BCUT2D eigenvalue weighted by Gasteiger charge is -2.10. The molecule has 0 unspecified atom stereocenters. The molecular weight excluding hydrogens is 434 g/mol. The average Bonchev–Trinajstić information content (AvgIpc) is 3.24. The molecule has 1 aromatic heterocycles. The Hall–Kier alpha value is -3.75. The van der Waals surface area contributed by atoms with E-state index in [4.69, 9.17) is 14.2 Å². The highest BCUT2D eigenvalue weighted by molar-refractivity contribution is 6.06. The van der Waals surface area contributed by atoms with Crippen LogP contribution >= 0.6 is 0 Å². The van der Waals surface area contributed by atoms with Crippen molar-refractivity contribution in [3.05, 3.63) is 65.4 Å². The van der Waals surface area contributed by atoms with Gasteiger partial charge in [-0.3, -0.25) is 0 Å². The van der Waals surface area contributed by atoms with E-state index in [-0.39, 0.29) is 34.9 Å². The molecular formula is C24H24F2N2O5. The number of methoxy groups -OCH3 is 2. The first-order valence-electron chi connectivity index (χ1n) is 10.4. The second-order valence-electron chi connectivity index (χ2n) is 7.13. The van der Waals surface area contributed by atoms with Gasteiger partial charge in [0, 0.05) is 5.56 Å². The molecule has 3 rings (SSSR count). The van der Waals surface area contributed by atoms with Gasteiger partial charge in [0.05, 0.1) is 26.5 Å². The number of aromatic nitrogens is 2. The van der Waals surface area contributed by atoms with Gasteiger partial charge in [-0.25, -0.2) is 18.7 Å². The molecule has 7 nitrogen and oxygen atoms in total. The van der Waals surface area contributed by atoms with Gasteiger partial charge in [-0.15, -0.1) is 0 Å². The van der Waals surface area contributed by atoms with Gasteiger partial charge in [0.25, 0.3) is 0 Å². The molecule has 0 bridgehead atoms. The first-order chi connectivity index (χ1) is 15.9. The zero-order valence-corrected chi connectivity index (χ0v) is 18.6. The fourth-order valence-corrected chi connectivity index (χ4v) is 3.30. The minimum Gasteiger partial charge on any atom is -0.490 e. The molecule has 0 aliphatic carbocycles. The second-order valence-corrected chi connectivity index (χ2v) is 7.13. The predicted octanol–water partition coefficient (Wildman–Crippen LogP) is 4.96. The van der Waals surface area contributed by atoms with Crippen molar-refractivity contribution >= 4 is 11.9 Å². The number of esters is 2. The lowest BCUT2D eigenvalue weighted by Crippen LogP contribution is -2.15. The van der Waals surface area contributed by atoms with Crippen molar-refractivity contribution < 1.29 is 32.6 Å². The van der Waals surface area contributed by atoms with E-state index in [2.05, 4.69) is 5.10 Å². The Kier molecular flexibility index (Phi) is 7.76. The van der Waals surface area contributed by atoms with Crippen LogP contribution in [0.15, 0.2) is 42.5 Å². The Morgan fingerprint density at radius 3 is 2.33 bits per heavy atom. The fraction of sp³-hybridized carbons (Fsp3) is 0.292. The van der Waals surface area contributed by atoms with Gasteiger partial charge < -0.3 is 14.2 Å². The van der Waals surface area contributed by atoms with Crippen LogP contribution in [-0.2, 0) is 9.47 Å². The third-order valence-electron chi connectivity index (χ3n) is 4.93. The van der Waals surface area contributed by atoms with Crippen LogP contribution in [0.4, 0.5) is 8.78 Å². The molecule has 0 aliphatic heterocycles. The zero-order chi connectivity index (χ0) is 24.0. The average molecular weight is 458 g/mol. The number of hydrogen-bond donors (Lipinski definition) is 0. The number of para-hydroxylation sites is 1. The molecule has 0 atom stereocenters. The van der Waals surface area contributed by atoms with Gasteiger partial charge in [0.15, 0.2) is 17.3 Å². The first kappa shape index (κ1) is 23.9. The maximum Gasteiger partial charge on any atom is 0.357 e. The molecule has 0 amide bonds. The topological polar surface area (TPSA) is 79.7 Å². The lowest BCUT2D eigenvalue weighted by molar-refractivity contribution is 0.0549. The molecule has 0 aliphatic rings. The highest BCUT2D eigenvalue weighted by atomic mass is 19.2. The lowest BCUT2D eigenvalue weighted by atomic mass is 10.0. The quantitative estimate of drug-likeness (QED) is 0.333. The van der Waals surface area contributed by atoms with Crippen LogP contribution in [-0.4, -0.2) is 42.5 Å². The number of hydrogen-bond acceptors (Lipinski definition) is 6. The van der Waals surface area contributed by atoms with Crippen molar-refractivity contribution in [1.82, 2.24) is 9.78 Å². The van der Waals surface area contributed by atoms with Gasteiger partial charge in [-0.1, -0.05) is 38.0 Å². The van der Waals surface area contributed by atoms with Gasteiger partial charge in [-0.05, 0) is 30.7 Å². The standard InChI is InChI=1S/C24H24F2N2O5/c1-4-5-9-12-33-18-14-15(13-17(25)20(18)26)21-19(23(29)31-2)22(24(30)32-3)28(27-21)16-10-7-6-8-11-16/h6-8,10-11,13-14H,4-5,9,12H2,1-3H3. The summed E-state index contributed by atoms with van der Waals surface area (Å²) < 4.78 is 45.2. The van der Waals surface area contributed by atoms with Crippen molar-refractivity contribution in [2.45, 2.75) is 26.2 Å². The Balaban J connectivity index is 2.22. The van der Waals surface area contributed by atoms with E-state index in [1.807, 2.05) is 6.92 Å². The number of unbranched alkanes of at least 4 members (excludes halogenated alkanes) is 2. The molecule has 2 aromatic carbocycles. The molecule has 0 fully saturated rings. The van der Waals surface area contributed by atoms with Crippen LogP contribution in [0.3, 0.4) is 0 Å². The van der Waals surface area contributed by atoms with E-state index in [9.17, 15) is 18.4 Å². The molecule has 0 spiro atoms. The van der Waals surface area contributed by atoms with Crippen LogP contribution in [0.5, 0.6) is 5.75 Å². The van der Waals surface area contributed by atoms with Gasteiger partial charge >= 0.3 is 11.9 Å². The molecule has 0 saturated carbocycles. The van der Waals surface area contributed by atoms with Crippen LogP contribution < -0.4 is 4.74 Å². The van der Waals surface area contributed by atoms with E-state index in [0.29, 0.717) is 12.1 Å². The van der Waals surface area contributed by atoms with Crippen molar-refractivity contribution in [3.8, 4) is 22.7 Å². The SMILES string of the molecule is CCCCCOc1cc(-c2nn(-c3ccccc3)c(C(=O)OC)c2C(=O)OC)cc(F)c1F. The van der Waals surface area contributed by atoms with Crippen molar-refractivity contribution in [2.75, 3.05) is 20.8 Å². The summed E-state index contributed by atoms with van der Waals surface area (Å²) in [4.78, 5) is 25.3. The van der Waals surface area contributed by atoms with Crippen molar-refractivity contribution in [3.63, 3.8) is 0 Å². The Labute approximate surface area is 189 Å². The zero-order valence-electron chi connectivity index (χ0n) is 18.6. The second kappa shape index (κ2) is 10.7. The third-order valence-corrected chi connectivity index (χ3v) is 4.93. The third kappa shape index (κ3) is 5.02. The number of halogens is 2. The predicted molar refractivity (Wildman–Crippen MR) is 117 cm³/mol. The summed E-state index contributed by atoms with van der Waals surface area (Å²) in [6.07, 6.45) is 2.49. The molecule has 33 heavy (non-hydrogen) atoms. The molecule has 174 valence electrons. The summed E-state index contributed by atoms with van der Waals surface area (Å²) >= 11 is 0. The molecule has 0 saturated heterocycles. The fourth-order valence-electron chi connectivity index (χ4n) is 3.30. The smallest absolute Gasteiger partial charge is 0.357 e. The van der Waals surface area contributed by atoms with Crippen molar-refractivity contribution in [1.29, 1.82) is 0 Å². The van der Waals surface area contributed by atoms with E-state index in [1.54, 1.807) is 30.3 Å². The number of carbonyl (C=O) groups excluding carboxylic acids is 2. The van der Waals surface area contributed by atoms with Crippen LogP contribution in [0.1, 0.15) is 47.0 Å². The summed E-state index contributed by atoms with van der Waals surface area (Å²) in [6.45, 7) is 2.21. The number of benzene rings is 2. The van der Waals surface area contributed by atoms with Crippen molar-refractivity contribution in [2.24, 2.45) is 0 Å². The largest absolute Gasteiger partial charge is 0.490 e. The summed E-state index contributed by atoms with van der Waals surface area (Å²) in [5.74, 6) is -4.38. The van der Waals surface area contributed by atoms with Gasteiger partial charge in [-0.2, -0.15) is 9.49 Å². The summed E-state index contributed by atoms with van der Waals surface area (Å²) in [5.41, 5.74) is -0.0344. The monoisotopic (exact) mass is 458 g/mol. The molecule has 3 aromatic rings. The maximum atomic E-state index is 14.5. The van der Waals surface area contributed by atoms with Gasteiger partial charge in [0.2, 0.25) is 5.82 Å². The minimum atomic E-state index is -1.18. The Bertz CT molecular complexity index is 1150. The molecule has 0 N–H and O–H groups in total. The summed E-state index contributed by atoms with van der Waals surface area (Å²) in [7, 11) is 2.30. The molecule has 1 heterocycles. The number of carbonyl (C=O) groups is 2. The van der Waals surface area contributed by atoms with E-state index >= 15 is 0 Å². The van der Waals surface area contributed by atoms with Gasteiger partial charge in [0.1, 0.15) is 11.3 Å². The van der Waals surface area contributed by atoms with E-state index in [1.165, 1.54) is 10.7 Å². The minimum absolute atomic E-state index is 0.0413. The van der Waals surface area contributed by atoms with E-state index in [0.717, 1.165) is 33.1 Å². The van der Waals surface area contributed by atoms with Crippen LogP contribution in [0.25, 0.3) is 16.9 Å². The highest BCUT2D eigenvalue weighted by Gasteiger charge is 2.32. The first-order valence-corrected chi connectivity index (χ1v) is 10.4. The van der Waals surface area contributed by atoms with Crippen LogP contribution in [0, 0.1) is 11.6 Å². The Morgan fingerprint density at radius 1 is 1.00 bits per heavy atom. The summed E-state index contributed by atoms with van der Waals surface area (Å²) in [6, 6.07) is 10.7. The number of nitrogens with zero attached hydrogens (tertiary/aromatic N) is 2. The normalized spacial score (nSPS) is 10.7. The number of ether oxygens (including phenoxy) is 3. The summed E-state index contributed by atoms with van der Waals surface area (Å²) in [5, 5.41) is 4.38. The van der Waals surface area contributed by atoms with Crippen LogP contribution in [0.2, 0.25) is 0 Å².